The van der Waals surface area contributed by atoms with Gasteiger partial charge in [0.05, 0.1) is 34.0 Å². The molecule has 9 heteroatoms. The number of aliphatic hydroxyl groups excluding tert-OH is 1. The first-order valence-corrected chi connectivity index (χ1v) is 12.3. The van der Waals surface area contributed by atoms with Gasteiger partial charge in [-0.2, -0.15) is 9.61 Å². The Kier molecular flexibility index (Phi) is 7.64. The molecule has 1 fully saturated rings. The third kappa shape index (κ3) is 5.22. The van der Waals surface area contributed by atoms with Crippen LogP contribution in [0.25, 0.3) is 16.8 Å². The summed E-state index contributed by atoms with van der Waals surface area (Å²) in [5.41, 5.74) is 3.85. The van der Waals surface area contributed by atoms with Gasteiger partial charge in [-0.25, -0.2) is 4.98 Å². The first-order valence-electron chi connectivity index (χ1n) is 11.5. The van der Waals surface area contributed by atoms with Gasteiger partial charge in [0.25, 0.3) is 0 Å². The van der Waals surface area contributed by atoms with Crippen LogP contribution in [0.1, 0.15) is 44.0 Å². The normalized spacial score (nSPS) is 18.6. The van der Waals surface area contributed by atoms with Crippen LogP contribution in [0.2, 0.25) is 10.0 Å². The number of aromatic nitrogens is 3. The van der Waals surface area contributed by atoms with Gasteiger partial charge in [-0.1, -0.05) is 36.0 Å². The van der Waals surface area contributed by atoms with E-state index in [4.69, 9.17) is 38.0 Å². The van der Waals surface area contributed by atoms with E-state index < -0.39 is 0 Å². The Balaban J connectivity index is 1.59. The first-order chi connectivity index (χ1) is 15.9. The SMILES string of the molecule is CCOc1cc(Cl)c(-c2c(C)nn3c(NCCNC4CCCCC4O)cc(C)nc23)c(Cl)c1. The second-order valence-corrected chi connectivity index (χ2v) is 9.33. The van der Waals surface area contributed by atoms with E-state index in [1.165, 1.54) is 6.42 Å². The summed E-state index contributed by atoms with van der Waals surface area (Å²) >= 11 is 13.3. The Labute approximate surface area is 204 Å². The summed E-state index contributed by atoms with van der Waals surface area (Å²) in [4.78, 5) is 4.75. The van der Waals surface area contributed by atoms with E-state index in [1.54, 1.807) is 16.6 Å². The van der Waals surface area contributed by atoms with Crippen molar-refractivity contribution >= 4 is 34.7 Å². The largest absolute Gasteiger partial charge is 0.494 e. The number of aliphatic hydroxyl groups is 1. The van der Waals surface area contributed by atoms with Crippen LogP contribution in [0, 0.1) is 13.8 Å². The molecule has 4 rings (SSSR count). The molecule has 3 aromatic rings. The lowest BCUT2D eigenvalue weighted by Crippen LogP contribution is -2.43. The van der Waals surface area contributed by atoms with Gasteiger partial charge < -0.3 is 20.5 Å². The average molecular weight is 492 g/mol. The zero-order chi connectivity index (χ0) is 23.5. The number of rotatable bonds is 8. The van der Waals surface area contributed by atoms with Gasteiger partial charge in [0.1, 0.15) is 11.6 Å². The molecule has 1 saturated carbocycles. The summed E-state index contributed by atoms with van der Waals surface area (Å²) in [6.45, 7) is 7.77. The third-order valence-corrected chi connectivity index (χ3v) is 6.63. The number of nitrogens with zero attached hydrogens (tertiary/aromatic N) is 3. The van der Waals surface area contributed by atoms with Gasteiger partial charge in [-0.05, 0) is 45.7 Å². The number of ether oxygens (including phenoxy) is 1. The molecule has 178 valence electrons. The van der Waals surface area contributed by atoms with E-state index >= 15 is 0 Å². The minimum Gasteiger partial charge on any atom is -0.494 e. The smallest absolute Gasteiger partial charge is 0.165 e. The Morgan fingerprint density at radius 3 is 2.52 bits per heavy atom. The van der Waals surface area contributed by atoms with Crippen molar-refractivity contribution in [1.82, 2.24) is 19.9 Å². The topological polar surface area (TPSA) is 83.7 Å². The van der Waals surface area contributed by atoms with Gasteiger partial charge in [0, 0.05) is 36.5 Å². The Morgan fingerprint density at radius 1 is 1.09 bits per heavy atom. The molecule has 1 aliphatic rings. The molecule has 3 N–H and O–H groups in total. The van der Waals surface area contributed by atoms with E-state index in [1.807, 2.05) is 26.8 Å². The number of benzene rings is 1. The highest BCUT2D eigenvalue weighted by atomic mass is 35.5. The van der Waals surface area contributed by atoms with Gasteiger partial charge >= 0.3 is 0 Å². The fourth-order valence-electron chi connectivity index (χ4n) is 4.50. The van der Waals surface area contributed by atoms with Crippen molar-refractivity contribution in [3.63, 3.8) is 0 Å². The molecular formula is C24H31Cl2N5O2. The number of hydrogen-bond acceptors (Lipinski definition) is 6. The molecule has 1 aromatic carbocycles. The molecule has 1 aliphatic carbocycles. The minimum atomic E-state index is -0.256. The van der Waals surface area contributed by atoms with E-state index in [9.17, 15) is 5.11 Å². The number of nitrogens with one attached hydrogen (secondary N) is 2. The van der Waals surface area contributed by atoms with Gasteiger partial charge in [0.2, 0.25) is 0 Å². The Bertz CT molecular complexity index is 1110. The lowest BCUT2D eigenvalue weighted by Gasteiger charge is -2.28. The summed E-state index contributed by atoms with van der Waals surface area (Å²) in [7, 11) is 0. The van der Waals surface area contributed by atoms with E-state index in [0.29, 0.717) is 40.2 Å². The van der Waals surface area contributed by atoms with Crippen LogP contribution in [0.15, 0.2) is 18.2 Å². The van der Waals surface area contributed by atoms with Crippen molar-refractivity contribution in [1.29, 1.82) is 0 Å². The van der Waals surface area contributed by atoms with Crippen LogP contribution in [-0.2, 0) is 0 Å². The van der Waals surface area contributed by atoms with Crippen LogP contribution < -0.4 is 15.4 Å². The first kappa shape index (κ1) is 24.1. The van der Waals surface area contributed by atoms with Gasteiger partial charge in [0.15, 0.2) is 5.65 Å². The summed E-state index contributed by atoms with van der Waals surface area (Å²) in [5.74, 6) is 1.48. The molecule has 33 heavy (non-hydrogen) atoms. The number of hydrogen-bond donors (Lipinski definition) is 3. The molecule has 2 atom stereocenters. The van der Waals surface area contributed by atoms with Crippen molar-refractivity contribution in [2.24, 2.45) is 0 Å². The van der Waals surface area contributed by atoms with Crippen molar-refractivity contribution in [3.8, 4) is 16.9 Å². The summed E-state index contributed by atoms with van der Waals surface area (Å²) in [5, 5.41) is 22.8. The number of anilines is 1. The van der Waals surface area contributed by atoms with Crippen molar-refractivity contribution in [2.75, 3.05) is 25.0 Å². The monoisotopic (exact) mass is 491 g/mol. The maximum absolute atomic E-state index is 10.2. The zero-order valence-electron chi connectivity index (χ0n) is 19.3. The Hall–Kier alpha value is -2.06. The van der Waals surface area contributed by atoms with Crippen molar-refractivity contribution in [2.45, 2.75) is 58.6 Å². The van der Waals surface area contributed by atoms with Crippen LogP contribution in [0.5, 0.6) is 5.75 Å². The molecule has 0 spiro atoms. The van der Waals surface area contributed by atoms with E-state index in [0.717, 1.165) is 48.6 Å². The molecule has 2 aromatic heterocycles. The number of halogens is 2. The molecule has 2 unspecified atom stereocenters. The predicted molar refractivity (Wildman–Crippen MR) is 134 cm³/mol. The third-order valence-electron chi connectivity index (χ3n) is 6.04. The van der Waals surface area contributed by atoms with E-state index in [2.05, 4.69) is 10.6 Å². The zero-order valence-corrected chi connectivity index (χ0v) is 20.8. The van der Waals surface area contributed by atoms with Crippen LogP contribution in [0.4, 0.5) is 5.82 Å². The lowest BCUT2D eigenvalue weighted by atomic mass is 9.93. The summed E-state index contributed by atoms with van der Waals surface area (Å²) < 4.78 is 7.37. The number of fused-ring (bicyclic) bond motifs is 1. The van der Waals surface area contributed by atoms with Crippen LogP contribution >= 0.6 is 23.2 Å². The molecule has 0 bridgehead atoms. The second-order valence-electron chi connectivity index (χ2n) is 8.51. The molecule has 2 heterocycles. The standard InChI is InChI=1S/C24H31Cl2N5O2/c1-4-33-16-12-17(25)23(18(26)13-16)22-15(3)30-31-21(11-14(2)29-24(22)31)28-10-9-27-19-7-5-6-8-20(19)32/h11-13,19-20,27-28,32H,4-10H2,1-3H3. The quantitative estimate of drug-likeness (QED) is 0.383. The second kappa shape index (κ2) is 10.5. The molecule has 0 aliphatic heterocycles. The van der Waals surface area contributed by atoms with Gasteiger partial charge in [-0.3, -0.25) is 0 Å². The van der Waals surface area contributed by atoms with Crippen LogP contribution in [0.3, 0.4) is 0 Å². The van der Waals surface area contributed by atoms with E-state index in [-0.39, 0.29) is 12.1 Å². The average Bonchev–Trinajstić information content (AvgIpc) is 3.08. The predicted octanol–water partition coefficient (Wildman–Crippen LogP) is 5.02. The highest BCUT2D eigenvalue weighted by Crippen LogP contribution is 2.41. The Morgan fingerprint density at radius 2 is 1.82 bits per heavy atom. The molecule has 0 amide bonds. The highest BCUT2D eigenvalue weighted by Gasteiger charge is 2.23. The maximum Gasteiger partial charge on any atom is 0.165 e. The van der Waals surface area contributed by atoms with Crippen molar-refractivity contribution < 1.29 is 9.84 Å². The molecule has 0 saturated heterocycles. The van der Waals surface area contributed by atoms with Crippen molar-refractivity contribution in [3.05, 3.63) is 39.6 Å². The van der Waals surface area contributed by atoms with Gasteiger partial charge in [-0.15, -0.1) is 0 Å². The maximum atomic E-state index is 10.2. The lowest BCUT2D eigenvalue weighted by molar-refractivity contribution is 0.0918. The minimum absolute atomic E-state index is 0.169. The highest BCUT2D eigenvalue weighted by molar-refractivity contribution is 6.39. The summed E-state index contributed by atoms with van der Waals surface area (Å²) in [6.07, 6.45) is 3.91. The number of aryl methyl sites for hydroxylation is 2. The summed E-state index contributed by atoms with van der Waals surface area (Å²) in [6, 6.07) is 5.69. The van der Waals surface area contributed by atoms with Crippen LogP contribution in [-0.4, -0.2) is 51.5 Å². The molecular weight excluding hydrogens is 461 g/mol. The fourth-order valence-corrected chi connectivity index (χ4v) is 5.16. The molecule has 7 nitrogen and oxygen atoms in total. The fraction of sp³-hybridized carbons (Fsp3) is 0.500. The molecule has 0 radical (unpaired) electrons.